The lowest BCUT2D eigenvalue weighted by molar-refractivity contribution is -0.0122. The van der Waals surface area contributed by atoms with Gasteiger partial charge >= 0.3 is 6.09 Å². The van der Waals surface area contributed by atoms with Crippen LogP contribution in [0.3, 0.4) is 0 Å². The predicted octanol–water partition coefficient (Wildman–Crippen LogP) is 1.64. The zero-order valence-electron chi connectivity index (χ0n) is 9.12. The summed E-state index contributed by atoms with van der Waals surface area (Å²) in [6.45, 7) is 2.89. The summed E-state index contributed by atoms with van der Waals surface area (Å²) in [5.41, 5.74) is 5.51. The monoisotopic (exact) mass is 218 g/mol. The van der Waals surface area contributed by atoms with Gasteiger partial charge in [0.05, 0.1) is 0 Å². The molecule has 0 aromatic heterocycles. The van der Waals surface area contributed by atoms with Crippen molar-refractivity contribution in [2.45, 2.75) is 45.0 Å². The normalized spacial score (nSPS) is 22.9. The Bertz CT molecular complexity index is 214. The van der Waals surface area contributed by atoms with Gasteiger partial charge in [0.1, 0.15) is 0 Å². The maximum atomic E-state index is 13.0. The summed E-state index contributed by atoms with van der Waals surface area (Å²) >= 11 is 0. The fraction of sp³-hybridized carbons (Fsp3) is 0.900. The lowest BCUT2D eigenvalue weighted by atomic mass is 10.2. The number of alkyl halides is 1. The van der Waals surface area contributed by atoms with E-state index in [4.69, 9.17) is 5.73 Å². The van der Waals surface area contributed by atoms with E-state index in [1.54, 1.807) is 0 Å². The van der Waals surface area contributed by atoms with Crippen LogP contribution in [0.25, 0.3) is 0 Å². The number of hydrogen-bond acceptors (Lipinski definition) is 3. The van der Waals surface area contributed by atoms with Gasteiger partial charge in [-0.1, -0.05) is 6.92 Å². The molecule has 0 saturated carbocycles. The van der Waals surface area contributed by atoms with Crippen molar-refractivity contribution >= 4 is 6.09 Å². The van der Waals surface area contributed by atoms with Crippen LogP contribution in [0, 0.1) is 0 Å². The van der Waals surface area contributed by atoms with Gasteiger partial charge in [-0.05, 0) is 19.3 Å². The van der Waals surface area contributed by atoms with E-state index in [9.17, 15) is 9.18 Å². The van der Waals surface area contributed by atoms with Crippen molar-refractivity contribution in [2.24, 2.45) is 5.73 Å². The Hall–Kier alpha value is -0.840. The first kappa shape index (κ1) is 12.2. The molecule has 1 rings (SSSR count). The predicted molar refractivity (Wildman–Crippen MR) is 55.1 cm³/mol. The molecule has 0 aromatic carbocycles. The Labute approximate surface area is 89.6 Å². The van der Waals surface area contributed by atoms with Crippen LogP contribution in [0.4, 0.5) is 9.18 Å². The van der Waals surface area contributed by atoms with Crippen LogP contribution < -0.4 is 5.73 Å². The number of amides is 1. The third-order valence-corrected chi connectivity index (χ3v) is 2.63. The smallest absolute Gasteiger partial charge is 0.412 e. The molecule has 0 bridgehead atoms. The first-order valence-corrected chi connectivity index (χ1v) is 5.50. The van der Waals surface area contributed by atoms with Crippen molar-refractivity contribution in [3.05, 3.63) is 0 Å². The number of halogens is 1. The summed E-state index contributed by atoms with van der Waals surface area (Å²) in [4.78, 5) is 13.0. The Balaban J connectivity index is 2.38. The first-order chi connectivity index (χ1) is 7.19. The number of rotatable bonds is 4. The molecule has 2 N–H and O–H groups in total. The van der Waals surface area contributed by atoms with Crippen molar-refractivity contribution in [1.82, 2.24) is 4.90 Å². The first-order valence-electron chi connectivity index (χ1n) is 5.50. The van der Waals surface area contributed by atoms with Crippen LogP contribution in [0.15, 0.2) is 0 Å². The highest BCUT2D eigenvalue weighted by atomic mass is 19.1. The molecule has 0 aromatic rings. The highest BCUT2D eigenvalue weighted by Gasteiger charge is 2.29. The van der Waals surface area contributed by atoms with Crippen molar-refractivity contribution in [3.8, 4) is 0 Å². The number of carbonyl (C=O) groups excluding carboxylic acids is 1. The van der Waals surface area contributed by atoms with Crippen LogP contribution in [0.5, 0.6) is 0 Å². The van der Waals surface area contributed by atoms with Crippen molar-refractivity contribution in [1.29, 1.82) is 0 Å². The Morgan fingerprint density at radius 2 is 2.47 bits per heavy atom. The van der Waals surface area contributed by atoms with Crippen LogP contribution in [-0.2, 0) is 4.74 Å². The molecule has 1 aliphatic rings. The molecule has 0 radical (unpaired) electrons. The molecular weight excluding hydrogens is 199 g/mol. The topological polar surface area (TPSA) is 55.6 Å². The molecule has 1 fully saturated rings. The second kappa shape index (κ2) is 5.90. The minimum atomic E-state index is -1.48. The van der Waals surface area contributed by atoms with E-state index in [2.05, 4.69) is 4.74 Å². The van der Waals surface area contributed by atoms with Crippen LogP contribution in [0.1, 0.15) is 32.6 Å². The molecule has 0 spiro atoms. The molecule has 0 aliphatic carbocycles. The highest BCUT2D eigenvalue weighted by Crippen LogP contribution is 2.18. The van der Waals surface area contributed by atoms with Gasteiger partial charge in [-0.2, -0.15) is 0 Å². The standard InChI is InChI=1S/C10H19FN2O2/c1-2-4-9(11)15-10(14)13-6-3-5-8(13)7-12/h8-9H,2-7,12H2,1H3. The van der Waals surface area contributed by atoms with E-state index in [1.807, 2.05) is 6.92 Å². The Morgan fingerprint density at radius 1 is 1.73 bits per heavy atom. The molecule has 1 amide bonds. The average Bonchev–Trinajstić information content (AvgIpc) is 2.65. The molecular formula is C10H19FN2O2. The zero-order valence-corrected chi connectivity index (χ0v) is 9.12. The van der Waals surface area contributed by atoms with Gasteiger partial charge in [-0.15, -0.1) is 0 Å². The number of hydrogen-bond donors (Lipinski definition) is 1. The van der Waals surface area contributed by atoms with Gasteiger partial charge in [0.25, 0.3) is 0 Å². The molecule has 5 heteroatoms. The van der Waals surface area contributed by atoms with E-state index in [0.29, 0.717) is 19.5 Å². The van der Waals surface area contributed by atoms with Crippen molar-refractivity contribution in [2.75, 3.05) is 13.1 Å². The zero-order chi connectivity index (χ0) is 11.3. The van der Waals surface area contributed by atoms with E-state index < -0.39 is 12.5 Å². The van der Waals surface area contributed by atoms with Gasteiger partial charge in [-0.25, -0.2) is 9.18 Å². The third kappa shape index (κ3) is 3.34. The number of nitrogens with zero attached hydrogens (tertiary/aromatic N) is 1. The third-order valence-electron chi connectivity index (χ3n) is 2.63. The minimum Gasteiger partial charge on any atom is -0.415 e. The summed E-state index contributed by atoms with van der Waals surface area (Å²) in [5.74, 6) is 0. The van der Waals surface area contributed by atoms with Gasteiger partial charge in [-0.3, -0.25) is 0 Å². The number of ether oxygens (including phenoxy) is 1. The lowest BCUT2D eigenvalue weighted by Crippen LogP contribution is -2.41. The largest absolute Gasteiger partial charge is 0.415 e. The second-order valence-electron chi connectivity index (χ2n) is 3.81. The highest BCUT2D eigenvalue weighted by molar-refractivity contribution is 5.68. The molecule has 2 unspecified atom stereocenters. The molecule has 1 aliphatic heterocycles. The van der Waals surface area contributed by atoms with Crippen LogP contribution >= 0.6 is 0 Å². The van der Waals surface area contributed by atoms with Crippen LogP contribution in [0.2, 0.25) is 0 Å². The summed E-state index contributed by atoms with van der Waals surface area (Å²) < 4.78 is 17.7. The van der Waals surface area contributed by atoms with E-state index >= 15 is 0 Å². The number of likely N-dealkylation sites (tertiary alicyclic amines) is 1. The Kier molecular flexibility index (Phi) is 4.81. The maximum Gasteiger partial charge on any atom is 0.412 e. The summed E-state index contributed by atoms with van der Waals surface area (Å²) in [5, 5.41) is 0. The van der Waals surface area contributed by atoms with E-state index in [1.165, 1.54) is 4.90 Å². The maximum absolute atomic E-state index is 13.0. The quantitative estimate of drug-likeness (QED) is 0.780. The fourth-order valence-corrected chi connectivity index (χ4v) is 1.78. The van der Waals surface area contributed by atoms with E-state index in [0.717, 1.165) is 12.8 Å². The van der Waals surface area contributed by atoms with Gasteiger partial charge < -0.3 is 15.4 Å². The minimum absolute atomic E-state index is 0.0197. The molecule has 2 atom stereocenters. The van der Waals surface area contributed by atoms with E-state index in [-0.39, 0.29) is 12.5 Å². The number of nitrogens with two attached hydrogens (primary N) is 1. The fourth-order valence-electron chi connectivity index (χ4n) is 1.78. The summed E-state index contributed by atoms with van der Waals surface area (Å²) in [6.07, 6.45) is 0.671. The van der Waals surface area contributed by atoms with Crippen molar-refractivity contribution in [3.63, 3.8) is 0 Å². The average molecular weight is 218 g/mol. The Morgan fingerprint density at radius 3 is 3.07 bits per heavy atom. The van der Waals surface area contributed by atoms with Crippen molar-refractivity contribution < 1.29 is 13.9 Å². The SMILES string of the molecule is CCCC(F)OC(=O)N1CCCC1CN. The summed E-state index contributed by atoms with van der Waals surface area (Å²) in [6, 6.07) is 0.0197. The molecule has 4 nitrogen and oxygen atoms in total. The van der Waals surface area contributed by atoms with Gasteiger partial charge in [0, 0.05) is 25.6 Å². The lowest BCUT2D eigenvalue weighted by Gasteiger charge is -2.23. The number of carbonyl (C=O) groups is 1. The van der Waals surface area contributed by atoms with Crippen LogP contribution in [-0.4, -0.2) is 36.5 Å². The molecule has 15 heavy (non-hydrogen) atoms. The van der Waals surface area contributed by atoms with Gasteiger partial charge in [0.2, 0.25) is 6.36 Å². The van der Waals surface area contributed by atoms with Gasteiger partial charge in [0.15, 0.2) is 0 Å². The second-order valence-corrected chi connectivity index (χ2v) is 3.81. The molecule has 1 heterocycles. The summed E-state index contributed by atoms with van der Waals surface area (Å²) in [7, 11) is 0. The molecule has 88 valence electrons. The molecule has 1 saturated heterocycles.